The van der Waals surface area contributed by atoms with Crippen LogP contribution < -0.4 is 4.18 Å². The molecule has 0 saturated heterocycles. The maximum absolute atomic E-state index is 12.2. The number of carbonyl (C=O) groups excluding carboxylic acids is 1. The SMILES string of the molecule is CC1Cc2cc(C(C)(C)C)cc(OS(C)(=O)=O)c2C1=O. The highest BCUT2D eigenvalue weighted by atomic mass is 32.2. The van der Waals surface area contributed by atoms with Gasteiger partial charge in [0, 0.05) is 5.92 Å². The van der Waals surface area contributed by atoms with Gasteiger partial charge in [0.1, 0.15) is 0 Å². The average Bonchev–Trinajstić information content (AvgIpc) is 2.51. The first-order valence-electron chi connectivity index (χ1n) is 6.60. The maximum atomic E-state index is 12.2. The average molecular weight is 296 g/mol. The van der Waals surface area contributed by atoms with Crippen LogP contribution in [0.1, 0.15) is 49.2 Å². The number of carbonyl (C=O) groups is 1. The molecule has 5 heteroatoms. The minimum atomic E-state index is -3.65. The molecule has 0 aliphatic heterocycles. The second kappa shape index (κ2) is 4.58. The lowest BCUT2D eigenvalue weighted by molar-refractivity contribution is 0.0945. The van der Waals surface area contributed by atoms with Gasteiger partial charge in [0.2, 0.25) is 0 Å². The van der Waals surface area contributed by atoms with Gasteiger partial charge in [-0.25, -0.2) is 0 Å². The summed E-state index contributed by atoms with van der Waals surface area (Å²) in [5.74, 6) is 0.00510. The van der Waals surface area contributed by atoms with E-state index in [1.54, 1.807) is 6.07 Å². The minimum absolute atomic E-state index is 0.0425. The molecule has 110 valence electrons. The number of hydrogen-bond acceptors (Lipinski definition) is 4. The van der Waals surface area contributed by atoms with Crippen LogP contribution in [0.15, 0.2) is 12.1 Å². The van der Waals surface area contributed by atoms with Gasteiger partial charge >= 0.3 is 10.1 Å². The first-order valence-corrected chi connectivity index (χ1v) is 8.42. The molecular formula is C15H20O4S. The van der Waals surface area contributed by atoms with Gasteiger partial charge in [-0.1, -0.05) is 33.8 Å². The van der Waals surface area contributed by atoms with Crippen LogP contribution in [0.2, 0.25) is 0 Å². The third-order valence-corrected chi connectivity index (χ3v) is 3.99. The van der Waals surface area contributed by atoms with E-state index >= 15 is 0 Å². The molecule has 1 aromatic rings. The molecule has 1 atom stereocenters. The van der Waals surface area contributed by atoms with Gasteiger partial charge in [0.25, 0.3) is 0 Å². The van der Waals surface area contributed by atoms with Gasteiger partial charge in [-0.2, -0.15) is 8.42 Å². The van der Waals surface area contributed by atoms with Gasteiger partial charge in [0.15, 0.2) is 11.5 Å². The molecule has 1 aliphatic rings. The number of Topliss-reactive ketones (excluding diaryl/α,β-unsaturated/α-hetero) is 1. The molecule has 0 saturated carbocycles. The second-order valence-electron chi connectivity index (χ2n) is 6.52. The van der Waals surface area contributed by atoms with Crippen molar-refractivity contribution in [2.45, 2.75) is 39.5 Å². The maximum Gasteiger partial charge on any atom is 0.306 e. The van der Waals surface area contributed by atoms with Crippen molar-refractivity contribution in [3.8, 4) is 5.75 Å². The Morgan fingerprint density at radius 3 is 2.35 bits per heavy atom. The fraction of sp³-hybridized carbons (Fsp3) is 0.533. The van der Waals surface area contributed by atoms with Crippen LogP contribution in [0.25, 0.3) is 0 Å². The first-order chi connectivity index (χ1) is 8.99. The lowest BCUT2D eigenvalue weighted by Gasteiger charge is -2.21. The van der Waals surface area contributed by atoms with E-state index in [2.05, 4.69) is 0 Å². The van der Waals surface area contributed by atoms with Crippen LogP contribution in [-0.4, -0.2) is 20.5 Å². The standard InChI is InChI=1S/C15H20O4S/c1-9-6-10-7-11(15(2,3)4)8-12(13(10)14(9)16)19-20(5,17)18/h7-9H,6H2,1-5H3. The molecule has 0 spiro atoms. The third-order valence-electron chi connectivity index (χ3n) is 3.51. The summed E-state index contributed by atoms with van der Waals surface area (Å²) in [5, 5.41) is 0. The molecule has 0 aromatic heterocycles. The van der Waals surface area contributed by atoms with Crippen LogP contribution in [-0.2, 0) is 22.0 Å². The summed E-state index contributed by atoms with van der Waals surface area (Å²) in [6, 6.07) is 3.67. The summed E-state index contributed by atoms with van der Waals surface area (Å²) in [5.41, 5.74) is 2.14. The van der Waals surface area contributed by atoms with Crippen molar-refractivity contribution in [2.75, 3.05) is 6.26 Å². The molecule has 0 radical (unpaired) electrons. The van der Waals surface area contributed by atoms with Crippen molar-refractivity contribution in [3.63, 3.8) is 0 Å². The highest BCUT2D eigenvalue weighted by Gasteiger charge is 2.33. The van der Waals surface area contributed by atoms with Crippen LogP contribution in [0.4, 0.5) is 0 Å². The molecule has 0 fully saturated rings. The number of rotatable bonds is 2. The van der Waals surface area contributed by atoms with Gasteiger partial charge < -0.3 is 4.18 Å². The van der Waals surface area contributed by atoms with E-state index in [0.717, 1.165) is 17.4 Å². The fourth-order valence-corrected chi connectivity index (χ4v) is 2.90. The quantitative estimate of drug-likeness (QED) is 0.787. The second-order valence-corrected chi connectivity index (χ2v) is 8.09. The van der Waals surface area contributed by atoms with E-state index in [1.165, 1.54) is 0 Å². The molecule has 0 N–H and O–H groups in total. The van der Waals surface area contributed by atoms with Crippen LogP contribution in [0, 0.1) is 5.92 Å². The van der Waals surface area contributed by atoms with Gasteiger partial charge in [-0.15, -0.1) is 0 Å². The molecule has 20 heavy (non-hydrogen) atoms. The van der Waals surface area contributed by atoms with E-state index in [9.17, 15) is 13.2 Å². The molecule has 0 heterocycles. The molecule has 2 rings (SSSR count). The Labute approximate surface area is 120 Å². The summed E-state index contributed by atoms with van der Waals surface area (Å²) in [6.07, 6.45) is 1.63. The zero-order valence-corrected chi connectivity index (χ0v) is 13.3. The van der Waals surface area contributed by atoms with Crippen molar-refractivity contribution in [2.24, 2.45) is 5.92 Å². The topological polar surface area (TPSA) is 60.4 Å². The normalized spacial score (nSPS) is 19.1. The monoisotopic (exact) mass is 296 g/mol. The minimum Gasteiger partial charge on any atom is -0.382 e. The van der Waals surface area contributed by atoms with E-state index in [0.29, 0.717) is 12.0 Å². The predicted molar refractivity (Wildman–Crippen MR) is 77.8 cm³/mol. The highest BCUT2D eigenvalue weighted by Crippen LogP contribution is 2.38. The molecule has 1 aromatic carbocycles. The Morgan fingerprint density at radius 2 is 1.85 bits per heavy atom. The predicted octanol–water partition coefficient (Wildman–Crippen LogP) is 2.70. The Bertz CT molecular complexity index is 666. The molecule has 1 aliphatic carbocycles. The summed E-state index contributed by atoms with van der Waals surface area (Å²) in [7, 11) is -3.65. The first kappa shape index (κ1) is 15.0. The number of ketones is 1. The lowest BCUT2D eigenvalue weighted by atomic mass is 9.85. The molecule has 4 nitrogen and oxygen atoms in total. The number of hydrogen-bond donors (Lipinski definition) is 0. The molecule has 1 unspecified atom stereocenters. The smallest absolute Gasteiger partial charge is 0.306 e. The zero-order chi connectivity index (χ0) is 15.3. The van der Waals surface area contributed by atoms with Crippen molar-refractivity contribution >= 4 is 15.9 Å². The summed E-state index contributed by atoms with van der Waals surface area (Å²) in [4.78, 5) is 12.2. The van der Waals surface area contributed by atoms with Gasteiger partial charge in [0.05, 0.1) is 11.8 Å². The van der Waals surface area contributed by atoms with Crippen molar-refractivity contribution in [1.82, 2.24) is 0 Å². The Hall–Kier alpha value is -1.36. The highest BCUT2D eigenvalue weighted by molar-refractivity contribution is 7.86. The van der Waals surface area contributed by atoms with Crippen LogP contribution in [0.5, 0.6) is 5.75 Å². The van der Waals surface area contributed by atoms with Crippen molar-refractivity contribution in [1.29, 1.82) is 0 Å². The fourth-order valence-electron chi connectivity index (χ4n) is 2.44. The summed E-state index contributed by atoms with van der Waals surface area (Å²) < 4.78 is 27.9. The number of fused-ring (bicyclic) bond motifs is 1. The van der Waals surface area contributed by atoms with Crippen LogP contribution in [0.3, 0.4) is 0 Å². The Kier molecular flexibility index (Phi) is 3.45. The van der Waals surface area contributed by atoms with E-state index < -0.39 is 10.1 Å². The summed E-state index contributed by atoms with van der Waals surface area (Å²) in [6.45, 7) is 7.97. The lowest BCUT2D eigenvalue weighted by Crippen LogP contribution is -2.15. The van der Waals surface area contributed by atoms with Crippen molar-refractivity contribution in [3.05, 3.63) is 28.8 Å². The summed E-state index contributed by atoms with van der Waals surface area (Å²) >= 11 is 0. The van der Waals surface area contributed by atoms with Gasteiger partial charge in [-0.3, -0.25) is 4.79 Å². The van der Waals surface area contributed by atoms with E-state index in [1.807, 2.05) is 33.8 Å². The molecule has 0 amide bonds. The zero-order valence-electron chi connectivity index (χ0n) is 12.5. The molecule has 0 bridgehead atoms. The van der Waals surface area contributed by atoms with Crippen molar-refractivity contribution < 1.29 is 17.4 Å². The Morgan fingerprint density at radius 1 is 1.25 bits per heavy atom. The van der Waals surface area contributed by atoms with E-state index in [-0.39, 0.29) is 22.9 Å². The van der Waals surface area contributed by atoms with E-state index in [4.69, 9.17) is 4.18 Å². The number of benzene rings is 1. The van der Waals surface area contributed by atoms with Gasteiger partial charge in [-0.05, 0) is 29.0 Å². The Balaban J connectivity index is 2.65. The van der Waals surface area contributed by atoms with Crippen LogP contribution >= 0.6 is 0 Å². The molecular weight excluding hydrogens is 276 g/mol. The largest absolute Gasteiger partial charge is 0.382 e. The third kappa shape index (κ3) is 2.87.